The molecule has 1 nitrogen and oxygen atoms in total. The van der Waals surface area contributed by atoms with E-state index in [9.17, 15) is 0 Å². The Morgan fingerprint density at radius 1 is 0.606 bits per heavy atom. The van der Waals surface area contributed by atoms with Crippen LogP contribution < -0.4 is 5.73 Å². The molecule has 3 rings (SSSR count). The van der Waals surface area contributed by atoms with Crippen LogP contribution in [0.25, 0.3) is 0 Å². The van der Waals surface area contributed by atoms with E-state index in [4.69, 9.17) is 5.73 Å². The zero-order valence-electron chi connectivity index (χ0n) is 20.3. The van der Waals surface area contributed by atoms with Crippen LogP contribution in [-0.4, -0.2) is 5.54 Å². The van der Waals surface area contributed by atoms with Crippen molar-refractivity contribution >= 4 is 12.4 Å². The number of hydrogen-bond acceptors (Lipinski definition) is 1. The summed E-state index contributed by atoms with van der Waals surface area (Å²) in [4.78, 5) is 0. The molecular formula is C31H42ClN. The van der Waals surface area contributed by atoms with E-state index in [0.717, 1.165) is 19.3 Å². The monoisotopic (exact) mass is 463 g/mol. The van der Waals surface area contributed by atoms with E-state index >= 15 is 0 Å². The van der Waals surface area contributed by atoms with Gasteiger partial charge in [-0.2, -0.15) is 0 Å². The van der Waals surface area contributed by atoms with Crippen molar-refractivity contribution < 1.29 is 0 Å². The Hall–Kier alpha value is -2.09. The van der Waals surface area contributed by atoms with Gasteiger partial charge in [0, 0.05) is 5.54 Å². The standard InChI is InChI=1S/C31H41N.ClH/c1-2-3-4-5-6-16-23-30(24-27-17-10-7-11-18-27)31(32,25-28-19-12-8-13-20-28)26-29-21-14-9-15-22-29;/h7-15,17-22,30H,2-6,16,23-26,32H2,1H3;1H. The molecule has 1 unspecified atom stereocenters. The van der Waals surface area contributed by atoms with Gasteiger partial charge in [-0.1, -0.05) is 136 Å². The minimum absolute atomic E-state index is 0. The summed E-state index contributed by atoms with van der Waals surface area (Å²) in [7, 11) is 0. The third-order valence-corrected chi connectivity index (χ3v) is 6.80. The number of benzene rings is 3. The van der Waals surface area contributed by atoms with Crippen molar-refractivity contribution in [2.45, 2.75) is 76.7 Å². The van der Waals surface area contributed by atoms with E-state index in [1.54, 1.807) is 0 Å². The summed E-state index contributed by atoms with van der Waals surface area (Å²) in [6.07, 6.45) is 12.0. The maximum absolute atomic E-state index is 7.42. The highest BCUT2D eigenvalue weighted by molar-refractivity contribution is 5.85. The first kappa shape index (κ1) is 27.2. The zero-order valence-corrected chi connectivity index (χ0v) is 21.1. The van der Waals surface area contributed by atoms with E-state index in [-0.39, 0.29) is 17.9 Å². The van der Waals surface area contributed by atoms with Gasteiger partial charge in [0.05, 0.1) is 0 Å². The summed E-state index contributed by atoms with van der Waals surface area (Å²) >= 11 is 0. The molecule has 178 valence electrons. The minimum atomic E-state index is -0.276. The zero-order chi connectivity index (χ0) is 22.5. The minimum Gasteiger partial charge on any atom is -0.324 e. The van der Waals surface area contributed by atoms with Crippen molar-refractivity contribution in [1.29, 1.82) is 0 Å². The molecular weight excluding hydrogens is 422 g/mol. The van der Waals surface area contributed by atoms with Crippen molar-refractivity contribution in [3.8, 4) is 0 Å². The highest BCUT2D eigenvalue weighted by atomic mass is 35.5. The lowest BCUT2D eigenvalue weighted by atomic mass is 9.71. The van der Waals surface area contributed by atoms with Crippen molar-refractivity contribution in [2.24, 2.45) is 11.7 Å². The van der Waals surface area contributed by atoms with Gasteiger partial charge in [-0.05, 0) is 48.3 Å². The molecule has 0 saturated heterocycles. The van der Waals surface area contributed by atoms with Crippen LogP contribution >= 0.6 is 12.4 Å². The number of rotatable bonds is 14. The van der Waals surface area contributed by atoms with E-state index in [0.29, 0.717) is 5.92 Å². The molecule has 0 aliphatic rings. The highest BCUT2D eigenvalue weighted by Crippen LogP contribution is 2.32. The fraction of sp³-hybridized carbons (Fsp3) is 0.419. The van der Waals surface area contributed by atoms with Crippen LogP contribution in [0.2, 0.25) is 0 Å². The molecule has 1 atom stereocenters. The van der Waals surface area contributed by atoms with Gasteiger partial charge >= 0.3 is 0 Å². The summed E-state index contributed by atoms with van der Waals surface area (Å²) in [6, 6.07) is 32.6. The Kier molecular flexibility index (Phi) is 12.3. The Morgan fingerprint density at radius 2 is 1.03 bits per heavy atom. The summed E-state index contributed by atoms with van der Waals surface area (Å²) in [5.74, 6) is 0.441. The SMILES string of the molecule is CCCCCCCCC(Cc1ccccc1)C(N)(Cc1ccccc1)Cc1ccccc1.Cl. The Bertz CT molecular complexity index is 822. The van der Waals surface area contributed by atoms with Crippen LogP contribution in [0, 0.1) is 5.92 Å². The predicted molar refractivity (Wildman–Crippen MR) is 146 cm³/mol. The van der Waals surface area contributed by atoms with Crippen molar-refractivity contribution in [3.63, 3.8) is 0 Å². The number of hydrogen-bond donors (Lipinski definition) is 1. The molecule has 2 heteroatoms. The normalized spacial score (nSPS) is 12.2. The Labute approximate surface area is 208 Å². The van der Waals surface area contributed by atoms with Gasteiger partial charge in [0.25, 0.3) is 0 Å². The van der Waals surface area contributed by atoms with E-state index in [1.807, 2.05) is 0 Å². The van der Waals surface area contributed by atoms with Gasteiger partial charge in [-0.15, -0.1) is 12.4 Å². The molecule has 0 fully saturated rings. The first-order chi connectivity index (χ1) is 15.7. The maximum atomic E-state index is 7.42. The first-order valence-electron chi connectivity index (χ1n) is 12.6. The van der Waals surface area contributed by atoms with Crippen LogP contribution in [-0.2, 0) is 19.3 Å². The molecule has 2 N–H and O–H groups in total. The first-order valence-corrected chi connectivity index (χ1v) is 12.6. The molecule has 0 bridgehead atoms. The van der Waals surface area contributed by atoms with Gasteiger partial charge < -0.3 is 5.73 Å². The molecule has 0 aliphatic carbocycles. The molecule has 0 spiro atoms. The molecule has 0 heterocycles. The lowest BCUT2D eigenvalue weighted by molar-refractivity contribution is 0.241. The van der Waals surface area contributed by atoms with Crippen molar-refractivity contribution in [3.05, 3.63) is 108 Å². The van der Waals surface area contributed by atoms with Gasteiger partial charge in [0.1, 0.15) is 0 Å². The topological polar surface area (TPSA) is 26.0 Å². The van der Waals surface area contributed by atoms with Crippen LogP contribution in [0.1, 0.15) is 68.6 Å². The second-order valence-electron chi connectivity index (χ2n) is 9.50. The second kappa shape index (κ2) is 14.9. The smallest absolute Gasteiger partial charge is 0.0267 e. The van der Waals surface area contributed by atoms with Gasteiger partial charge in [0.2, 0.25) is 0 Å². The third-order valence-electron chi connectivity index (χ3n) is 6.80. The summed E-state index contributed by atoms with van der Waals surface area (Å²) < 4.78 is 0. The van der Waals surface area contributed by atoms with Crippen LogP contribution in [0.5, 0.6) is 0 Å². The fourth-order valence-corrected chi connectivity index (χ4v) is 4.97. The van der Waals surface area contributed by atoms with E-state index in [1.165, 1.54) is 61.6 Å². The molecule has 0 radical (unpaired) electrons. The molecule has 0 saturated carbocycles. The van der Waals surface area contributed by atoms with Gasteiger partial charge in [0.15, 0.2) is 0 Å². The fourth-order valence-electron chi connectivity index (χ4n) is 4.97. The van der Waals surface area contributed by atoms with Crippen molar-refractivity contribution in [2.75, 3.05) is 0 Å². The molecule has 0 aromatic heterocycles. The van der Waals surface area contributed by atoms with E-state index in [2.05, 4.69) is 97.9 Å². The number of halogens is 1. The van der Waals surface area contributed by atoms with Crippen LogP contribution in [0.4, 0.5) is 0 Å². The summed E-state index contributed by atoms with van der Waals surface area (Å²) in [5, 5.41) is 0. The molecule has 3 aromatic rings. The lowest BCUT2D eigenvalue weighted by Gasteiger charge is -2.39. The predicted octanol–water partition coefficient (Wildman–Crippen LogP) is 8.20. The van der Waals surface area contributed by atoms with Crippen molar-refractivity contribution in [1.82, 2.24) is 0 Å². The number of nitrogens with two attached hydrogens (primary N) is 1. The highest BCUT2D eigenvalue weighted by Gasteiger charge is 2.35. The Balaban J connectivity index is 0.00000385. The molecule has 0 amide bonds. The maximum Gasteiger partial charge on any atom is 0.0267 e. The third kappa shape index (κ3) is 9.35. The van der Waals surface area contributed by atoms with E-state index < -0.39 is 0 Å². The quantitative estimate of drug-likeness (QED) is 0.239. The molecule has 33 heavy (non-hydrogen) atoms. The van der Waals surface area contributed by atoms with Crippen LogP contribution in [0.15, 0.2) is 91.0 Å². The number of unbranched alkanes of at least 4 members (excludes halogenated alkanes) is 5. The summed E-state index contributed by atoms with van der Waals surface area (Å²) in [5.41, 5.74) is 11.2. The van der Waals surface area contributed by atoms with Crippen LogP contribution in [0.3, 0.4) is 0 Å². The largest absolute Gasteiger partial charge is 0.324 e. The second-order valence-corrected chi connectivity index (χ2v) is 9.50. The Morgan fingerprint density at radius 3 is 1.52 bits per heavy atom. The average Bonchev–Trinajstić information content (AvgIpc) is 2.82. The van der Waals surface area contributed by atoms with Gasteiger partial charge in [-0.25, -0.2) is 0 Å². The molecule has 3 aromatic carbocycles. The van der Waals surface area contributed by atoms with Gasteiger partial charge in [-0.3, -0.25) is 0 Å². The summed E-state index contributed by atoms with van der Waals surface area (Å²) in [6.45, 7) is 2.28. The molecule has 0 aliphatic heterocycles. The average molecular weight is 464 g/mol. The lowest BCUT2D eigenvalue weighted by Crippen LogP contribution is -2.52.